The normalized spacial score (nSPS) is 33.5. The molecule has 3 rings (SSSR count). The lowest BCUT2D eigenvalue weighted by molar-refractivity contribution is 0.186. The molecule has 3 aliphatic rings. The summed E-state index contributed by atoms with van der Waals surface area (Å²) in [5.74, 6) is 0. The van der Waals surface area contributed by atoms with E-state index in [0.717, 1.165) is 13.1 Å². The van der Waals surface area contributed by atoms with E-state index >= 15 is 0 Å². The average molecular weight is 304 g/mol. The fourth-order valence-corrected chi connectivity index (χ4v) is 4.11. The van der Waals surface area contributed by atoms with Crippen molar-refractivity contribution < 1.29 is 0 Å². The zero-order valence-electron chi connectivity index (χ0n) is 14.4. The number of rotatable bonds is 4. The van der Waals surface area contributed by atoms with Gasteiger partial charge in [0.15, 0.2) is 0 Å². The van der Waals surface area contributed by atoms with Gasteiger partial charge in [-0.25, -0.2) is 0 Å². The van der Waals surface area contributed by atoms with Crippen molar-refractivity contribution in [2.24, 2.45) is 0 Å². The van der Waals surface area contributed by atoms with E-state index in [1.807, 2.05) is 0 Å². The molecule has 3 unspecified atom stereocenters. The van der Waals surface area contributed by atoms with Crippen LogP contribution in [0.1, 0.15) is 39.5 Å². The number of piperidine rings is 1. The highest BCUT2D eigenvalue weighted by Gasteiger charge is 2.29. The molecular formula is C18H32N4. The molecule has 4 nitrogen and oxygen atoms in total. The molecule has 4 heteroatoms. The van der Waals surface area contributed by atoms with Gasteiger partial charge in [0.2, 0.25) is 0 Å². The summed E-state index contributed by atoms with van der Waals surface area (Å²) in [6.07, 6.45) is 12.7. The molecule has 0 saturated carbocycles. The van der Waals surface area contributed by atoms with Crippen LogP contribution in [0.3, 0.4) is 0 Å². The Morgan fingerprint density at radius 2 is 2.18 bits per heavy atom. The van der Waals surface area contributed by atoms with Gasteiger partial charge in [-0.2, -0.15) is 0 Å². The van der Waals surface area contributed by atoms with Gasteiger partial charge in [0.1, 0.15) is 0 Å². The summed E-state index contributed by atoms with van der Waals surface area (Å²) >= 11 is 0. The average Bonchev–Trinajstić information content (AvgIpc) is 2.93. The van der Waals surface area contributed by atoms with Crippen molar-refractivity contribution in [3.63, 3.8) is 0 Å². The van der Waals surface area contributed by atoms with Crippen LogP contribution in [0.15, 0.2) is 23.9 Å². The lowest BCUT2D eigenvalue weighted by Gasteiger charge is -2.40. The molecule has 0 bridgehead atoms. The van der Waals surface area contributed by atoms with E-state index in [1.54, 1.807) is 0 Å². The third kappa shape index (κ3) is 3.73. The Balaban J connectivity index is 1.64. The minimum Gasteiger partial charge on any atom is -0.370 e. The lowest BCUT2D eigenvalue weighted by atomic mass is 9.98. The molecule has 0 aromatic carbocycles. The van der Waals surface area contributed by atoms with Gasteiger partial charge in [-0.15, -0.1) is 0 Å². The molecule has 0 radical (unpaired) electrons. The molecule has 0 aliphatic carbocycles. The maximum atomic E-state index is 3.64. The Labute approximate surface area is 135 Å². The van der Waals surface area contributed by atoms with E-state index in [2.05, 4.69) is 59.7 Å². The van der Waals surface area contributed by atoms with E-state index in [1.165, 1.54) is 37.8 Å². The van der Waals surface area contributed by atoms with Crippen molar-refractivity contribution in [3.05, 3.63) is 23.9 Å². The largest absolute Gasteiger partial charge is 0.370 e. The zero-order valence-corrected chi connectivity index (χ0v) is 14.4. The van der Waals surface area contributed by atoms with Crippen LogP contribution in [0.5, 0.6) is 0 Å². The highest BCUT2D eigenvalue weighted by molar-refractivity contribution is 5.29. The first-order valence-corrected chi connectivity index (χ1v) is 8.97. The molecule has 2 saturated heterocycles. The van der Waals surface area contributed by atoms with Crippen molar-refractivity contribution in [2.45, 2.75) is 63.8 Å². The van der Waals surface area contributed by atoms with E-state index in [0.29, 0.717) is 24.3 Å². The first-order chi connectivity index (χ1) is 10.6. The number of likely N-dealkylation sites (N-methyl/N-ethyl adjacent to an activating group) is 1. The zero-order chi connectivity index (χ0) is 15.5. The van der Waals surface area contributed by atoms with Gasteiger partial charge in [0.05, 0.1) is 6.17 Å². The summed E-state index contributed by atoms with van der Waals surface area (Å²) in [6, 6.07) is 1.82. The van der Waals surface area contributed by atoms with Crippen molar-refractivity contribution >= 4 is 0 Å². The number of hydrogen-bond donors (Lipinski definition) is 2. The van der Waals surface area contributed by atoms with E-state index in [4.69, 9.17) is 0 Å². The highest BCUT2D eigenvalue weighted by Crippen LogP contribution is 2.27. The van der Waals surface area contributed by atoms with Crippen LogP contribution in [0, 0.1) is 0 Å². The van der Waals surface area contributed by atoms with Crippen LogP contribution >= 0.6 is 0 Å². The second kappa shape index (κ2) is 7.16. The molecule has 22 heavy (non-hydrogen) atoms. The topological polar surface area (TPSA) is 30.5 Å². The van der Waals surface area contributed by atoms with E-state index < -0.39 is 0 Å². The van der Waals surface area contributed by atoms with Crippen molar-refractivity contribution in [1.29, 1.82) is 0 Å². The molecule has 0 spiro atoms. The van der Waals surface area contributed by atoms with Gasteiger partial charge in [-0.3, -0.25) is 10.2 Å². The SMILES string of the molecule is CC(C)NC1CC(N2C=C(C3CCCN3C)C=CC2)CCN1. The van der Waals surface area contributed by atoms with Gasteiger partial charge in [0, 0.05) is 30.9 Å². The number of nitrogens with one attached hydrogen (secondary N) is 2. The van der Waals surface area contributed by atoms with E-state index in [9.17, 15) is 0 Å². The van der Waals surface area contributed by atoms with Gasteiger partial charge in [-0.05, 0) is 65.2 Å². The van der Waals surface area contributed by atoms with Crippen LogP contribution in [-0.4, -0.2) is 60.8 Å². The van der Waals surface area contributed by atoms with Crippen molar-refractivity contribution in [3.8, 4) is 0 Å². The minimum absolute atomic E-state index is 0.454. The first kappa shape index (κ1) is 16.0. The molecule has 3 heterocycles. The Kier molecular flexibility index (Phi) is 5.21. The third-order valence-electron chi connectivity index (χ3n) is 5.23. The monoisotopic (exact) mass is 304 g/mol. The summed E-state index contributed by atoms with van der Waals surface area (Å²) in [5.41, 5.74) is 1.51. The molecule has 2 N–H and O–H groups in total. The van der Waals surface area contributed by atoms with Crippen LogP contribution < -0.4 is 10.6 Å². The first-order valence-electron chi connectivity index (χ1n) is 8.97. The van der Waals surface area contributed by atoms with Crippen molar-refractivity contribution in [1.82, 2.24) is 20.4 Å². The third-order valence-corrected chi connectivity index (χ3v) is 5.23. The summed E-state index contributed by atoms with van der Waals surface area (Å²) in [5, 5.41) is 7.25. The van der Waals surface area contributed by atoms with Gasteiger partial charge < -0.3 is 10.2 Å². The Hall–Kier alpha value is -0.840. The Morgan fingerprint density at radius 3 is 2.91 bits per heavy atom. The number of hydrogen-bond acceptors (Lipinski definition) is 4. The van der Waals surface area contributed by atoms with Crippen LogP contribution in [0.4, 0.5) is 0 Å². The second-order valence-electron chi connectivity index (χ2n) is 7.37. The smallest absolute Gasteiger partial charge is 0.0593 e. The second-order valence-corrected chi connectivity index (χ2v) is 7.37. The Bertz CT molecular complexity index is 429. The van der Waals surface area contributed by atoms with E-state index in [-0.39, 0.29) is 0 Å². The van der Waals surface area contributed by atoms with Crippen LogP contribution in [-0.2, 0) is 0 Å². The molecule has 124 valence electrons. The maximum absolute atomic E-state index is 3.64. The maximum Gasteiger partial charge on any atom is 0.0593 e. The Morgan fingerprint density at radius 1 is 1.32 bits per heavy atom. The molecular weight excluding hydrogens is 272 g/mol. The molecule has 3 aliphatic heterocycles. The van der Waals surface area contributed by atoms with Crippen molar-refractivity contribution in [2.75, 3.05) is 26.7 Å². The molecule has 2 fully saturated rings. The predicted molar refractivity (Wildman–Crippen MR) is 92.7 cm³/mol. The summed E-state index contributed by atoms with van der Waals surface area (Å²) < 4.78 is 0. The molecule has 3 atom stereocenters. The number of nitrogens with zero attached hydrogens (tertiary/aromatic N) is 2. The van der Waals surface area contributed by atoms with Gasteiger partial charge >= 0.3 is 0 Å². The van der Waals surface area contributed by atoms with Crippen LogP contribution in [0.25, 0.3) is 0 Å². The summed E-state index contributed by atoms with van der Waals surface area (Å²) in [4.78, 5) is 5.09. The fourth-order valence-electron chi connectivity index (χ4n) is 4.11. The lowest BCUT2D eigenvalue weighted by Crippen LogP contribution is -2.54. The quantitative estimate of drug-likeness (QED) is 0.831. The van der Waals surface area contributed by atoms with Gasteiger partial charge in [0.25, 0.3) is 0 Å². The molecule has 0 aromatic heterocycles. The minimum atomic E-state index is 0.454. The van der Waals surface area contributed by atoms with Gasteiger partial charge in [-0.1, -0.05) is 12.2 Å². The predicted octanol–water partition coefficient (Wildman–Crippen LogP) is 1.91. The highest BCUT2D eigenvalue weighted by atomic mass is 15.2. The number of likely N-dealkylation sites (tertiary alicyclic amines) is 1. The summed E-state index contributed by atoms with van der Waals surface area (Å²) in [6.45, 7) is 7.87. The summed E-state index contributed by atoms with van der Waals surface area (Å²) in [7, 11) is 2.26. The molecule has 0 aromatic rings. The standard InChI is InChI=1S/C18H32N4/c1-14(2)20-18-12-16(8-9-19-18)22-11-4-6-15(13-22)17-7-5-10-21(17)3/h4,6,13-14,16-20H,5,7-12H2,1-3H3. The fraction of sp³-hybridized carbons (Fsp3) is 0.778. The van der Waals surface area contributed by atoms with Crippen LogP contribution in [0.2, 0.25) is 0 Å². The molecule has 0 amide bonds.